The Morgan fingerprint density at radius 2 is 2.10 bits per heavy atom. The molecule has 2 aromatic carbocycles. The van der Waals surface area contributed by atoms with E-state index in [0.717, 1.165) is 35.3 Å². The van der Waals surface area contributed by atoms with Crippen LogP contribution in [0.3, 0.4) is 0 Å². The first-order valence-corrected chi connectivity index (χ1v) is 7.30. The van der Waals surface area contributed by atoms with Crippen LogP contribution in [0.1, 0.15) is 29.2 Å². The van der Waals surface area contributed by atoms with Crippen LogP contribution in [-0.2, 0) is 13.0 Å². The first-order valence-electron chi connectivity index (χ1n) is 6.50. The van der Waals surface area contributed by atoms with E-state index >= 15 is 0 Å². The van der Waals surface area contributed by atoms with Gasteiger partial charge in [-0.05, 0) is 59.9 Å². The number of ether oxygens (including phenoxy) is 1. The summed E-state index contributed by atoms with van der Waals surface area (Å²) in [5.41, 5.74) is 2.90. The van der Waals surface area contributed by atoms with Gasteiger partial charge in [0.2, 0.25) is 0 Å². The molecule has 0 radical (unpaired) electrons. The molecule has 0 aromatic heterocycles. The van der Waals surface area contributed by atoms with Crippen molar-refractivity contribution in [1.29, 1.82) is 0 Å². The molecule has 4 heteroatoms. The van der Waals surface area contributed by atoms with E-state index in [-0.39, 0.29) is 11.9 Å². The number of aliphatic hydroxyl groups excluding tert-OH is 1. The van der Waals surface area contributed by atoms with Gasteiger partial charge in [0, 0.05) is 4.47 Å². The smallest absolute Gasteiger partial charge is 0.124 e. The lowest BCUT2D eigenvalue weighted by molar-refractivity contribution is 0.180. The second-order valence-electron chi connectivity index (χ2n) is 4.98. The third-order valence-electron chi connectivity index (χ3n) is 3.49. The highest BCUT2D eigenvalue weighted by molar-refractivity contribution is 9.10. The fourth-order valence-corrected chi connectivity index (χ4v) is 3.03. The SMILES string of the molecule is OC1CCc2cc(OCc3cc(F)cc(Br)c3)ccc21. The maximum Gasteiger partial charge on any atom is 0.124 e. The van der Waals surface area contributed by atoms with Crippen molar-refractivity contribution in [1.82, 2.24) is 0 Å². The minimum atomic E-state index is -0.349. The molecule has 0 spiro atoms. The first-order chi connectivity index (χ1) is 9.61. The summed E-state index contributed by atoms with van der Waals surface area (Å²) in [6, 6.07) is 10.4. The van der Waals surface area contributed by atoms with Crippen molar-refractivity contribution in [3.8, 4) is 5.75 Å². The number of fused-ring (bicyclic) bond motifs is 1. The topological polar surface area (TPSA) is 29.5 Å². The fraction of sp³-hybridized carbons (Fsp3) is 0.250. The molecule has 0 fully saturated rings. The van der Waals surface area contributed by atoms with Crippen molar-refractivity contribution in [3.05, 3.63) is 63.4 Å². The van der Waals surface area contributed by atoms with Crippen LogP contribution >= 0.6 is 15.9 Å². The summed E-state index contributed by atoms with van der Waals surface area (Å²) in [5.74, 6) is 0.466. The Labute approximate surface area is 125 Å². The Balaban J connectivity index is 1.72. The highest BCUT2D eigenvalue weighted by Gasteiger charge is 2.20. The lowest BCUT2D eigenvalue weighted by Gasteiger charge is -2.09. The zero-order valence-corrected chi connectivity index (χ0v) is 12.4. The number of hydrogen-bond acceptors (Lipinski definition) is 2. The zero-order valence-electron chi connectivity index (χ0n) is 10.8. The van der Waals surface area contributed by atoms with Crippen LogP contribution in [0.25, 0.3) is 0 Å². The van der Waals surface area contributed by atoms with Crippen LogP contribution in [0.4, 0.5) is 4.39 Å². The fourth-order valence-electron chi connectivity index (χ4n) is 2.52. The van der Waals surface area contributed by atoms with Crippen molar-refractivity contribution in [2.45, 2.75) is 25.6 Å². The molecule has 1 unspecified atom stereocenters. The van der Waals surface area contributed by atoms with Gasteiger partial charge in [-0.1, -0.05) is 22.0 Å². The molecule has 20 heavy (non-hydrogen) atoms. The molecule has 0 amide bonds. The van der Waals surface area contributed by atoms with Crippen molar-refractivity contribution in [3.63, 3.8) is 0 Å². The molecule has 1 N–H and O–H groups in total. The van der Waals surface area contributed by atoms with Crippen molar-refractivity contribution < 1.29 is 14.2 Å². The monoisotopic (exact) mass is 336 g/mol. The molecule has 1 aliphatic carbocycles. The predicted octanol–water partition coefficient (Wildman–Crippen LogP) is 4.15. The van der Waals surface area contributed by atoms with Gasteiger partial charge >= 0.3 is 0 Å². The van der Waals surface area contributed by atoms with Gasteiger partial charge in [-0.15, -0.1) is 0 Å². The van der Waals surface area contributed by atoms with Gasteiger partial charge in [-0.3, -0.25) is 0 Å². The lowest BCUT2D eigenvalue weighted by atomic mass is 10.1. The van der Waals surface area contributed by atoms with Crippen LogP contribution in [-0.4, -0.2) is 5.11 Å². The molecule has 0 saturated heterocycles. The Bertz CT molecular complexity index is 622. The summed E-state index contributed by atoms with van der Waals surface area (Å²) in [5, 5.41) is 9.75. The molecule has 1 aliphatic rings. The molecule has 3 rings (SSSR count). The summed E-state index contributed by atoms with van der Waals surface area (Å²) in [6.07, 6.45) is 1.30. The molecule has 2 aromatic rings. The summed E-state index contributed by atoms with van der Waals surface area (Å²) < 4.78 is 19.7. The molecular formula is C16H14BrFO2. The van der Waals surface area contributed by atoms with Crippen LogP contribution in [0.2, 0.25) is 0 Å². The van der Waals surface area contributed by atoms with Crippen LogP contribution in [0.5, 0.6) is 5.75 Å². The van der Waals surface area contributed by atoms with Crippen molar-refractivity contribution in [2.75, 3.05) is 0 Å². The minimum absolute atomic E-state index is 0.282. The second kappa shape index (κ2) is 5.54. The average Bonchev–Trinajstić information content (AvgIpc) is 2.77. The molecule has 2 nitrogen and oxygen atoms in total. The molecule has 104 valence electrons. The highest BCUT2D eigenvalue weighted by atomic mass is 79.9. The third-order valence-corrected chi connectivity index (χ3v) is 3.95. The maximum atomic E-state index is 13.3. The molecule has 0 heterocycles. The largest absolute Gasteiger partial charge is 0.489 e. The van der Waals surface area contributed by atoms with Crippen LogP contribution in [0, 0.1) is 5.82 Å². The number of benzene rings is 2. The second-order valence-corrected chi connectivity index (χ2v) is 5.90. The maximum absolute atomic E-state index is 13.3. The van der Waals surface area contributed by atoms with E-state index in [1.165, 1.54) is 12.1 Å². The number of hydrogen-bond donors (Lipinski definition) is 1. The van der Waals surface area contributed by atoms with E-state index in [1.807, 2.05) is 24.3 Å². The van der Waals surface area contributed by atoms with E-state index < -0.39 is 0 Å². The van der Waals surface area contributed by atoms with Gasteiger partial charge in [0.25, 0.3) is 0 Å². The van der Waals surface area contributed by atoms with E-state index in [0.29, 0.717) is 11.1 Å². The molecule has 0 aliphatic heterocycles. The van der Waals surface area contributed by atoms with Gasteiger partial charge in [0.05, 0.1) is 6.10 Å². The summed E-state index contributed by atoms with van der Waals surface area (Å²) in [7, 11) is 0. The Morgan fingerprint density at radius 3 is 2.90 bits per heavy atom. The van der Waals surface area contributed by atoms with E-state index in [2.05, 4.69) is 15.9 Å². The minimum Gasteiger partial charge on any atom is -0.489 e. The standard InChI is InChI=1S/C16H14BrFO2/c17-12-5-10(6-13(18)8-12)9-20-14-2-3-15-11(7-14)1-4-16(15)19/h2-3,5-8,16,19H,1,4,9H2. The Hall–Kier alpha value is -1.39. The van der Waals surface area contributed by atoms with Crippen molar-refractivity contribution >= 4 is 15.9 Å². The lowest BCUT2D eigenvalue weighted by Crippen LogP contribution is -1.97. The van der Waals surface area contributed by atoms with E-state index in [4.69, 9.17) is 4.74 Å². The Morgan fingerprint density at radius 1 is 1.25 bits per heavy atom. The highest BCUT2D eigenvalue weighted by Crippen LogP contribution is 2.33. The van der Waals surface area contributed by atoms with Gasteiger partial charge in [-0.25, -0.2) is 4.39 Å². The van der Waals surface area contributed by atoms with E-state index in [1.54, 1.807) is 0 Å². The zero-order chi connectivity index (χ0) is 14.1. The summed E-state index contributed by atoms with van der Waals surface area (Å²) in [4.78, 5) is 0. The number of aliphatic hydroxyl groups is 1. The number of aryl methyl sites for hydroxylation is 1. The summed E-state index contributed by atoms with van der Waals surface area (Å²) in [6.45, 7) is 0.317. The van der Waals surface area contributed by atoms with Gasteiger partial charge in [-0.2, -0.15) is 0 Å². The quantitative estimate of drug-likeness (QED) is 0.912. The van der Waals surface area contributed by atoms with Gasteiger partial charge in [0.15, 0.2) is 0 Å². The summed E-state index contributed by atoms with van der Waals surface area (Å²) >= 11 is 3.26. The normalized spacial score (nSPS) is 17.1. The third kappa shape index (κ3) is 2.86. The molecular weight excluding hydrogens is 323 g/mol. The number of halogens is 2. The first kappa shape index (κ1) is 13.6. The molecule has 0 bridgehead atoms. The van der Waals surface area contributed by atoms with Crippen LogP contribution in [0.15, 0.2) is 40.9 Å². The Kier molecular flexibility index (Phi) is 3.76. The van der Waals surface area contributed by atoms with Crippen LogP contribution < -0.4 is 4.74 Å². The molecule has 0 saturated carbocycles. The molecule has 1 atom stereocenters. The van der Waals surface area contributed by atoms with Gasteiger partial charge in [0.1, 0.15) is 18.2 Å². The average molecular weight is 337 g/mol. The number of rotatable bonds is 3. The van der Waals surface area contributed by atoms with E-state index in [9.17, 15) is 9.50 Å². The van der Waals surface area contributed by atoms with Gasteiger partial charge < -0.3 is 9.84 Å². The predicted molar refractivity (Wildman–Crippen MR) is 78.2 cm³/mol. The van der Waals surface area contributed by atoms with Crippen molar-refractivity contribution in [2.24, 2.45) is 0 Å².